The average Bonchev–Trinajstić information content (AvgIpc) is 2.69. The van der Waals surface area contributed by atoms with Crippen LogP contribution < -0.4 is 10.3 Å². The van der Waals surface area contributed by atoms with Crippen molar-refractivity contribution >= 4 is 10.8 Å². The molecule has 4 rings (SSSR count). The molecule has 0 radical (unpaired) electrons. The summed E-state index contributed by atoms with van der Waals surface area (Å²) < 4.78 is 55.4. The molecule has 0 fully saturated rings. The number of alkyl halides is 3. The van der Waals surface area contributed by atoms with Gasteiger partial charge >= 0.3 is 6.36 Å². The van der Waals surface area contributed by atoms with E-state index in [1.165, 1.54) is 48.5 Å². The highest BCUT2D eigenvalue weighted by molar-refractivity contribution is 5.94. The van der Waals surface area contributed by atoms with Crippen molar-refractivity contribution in [1.29, 1.82) is 0 Å². The van der Waals surface area contributed by atoms with Gasteiger partial charge in [0.05, 0.1) is 16.8 Å². The molecule has 4 aromatic rings. The molecule has 0 amide bonds. The van der Waals surface area contributed by atoms with Crippen LogP contribution in [0.3, 0.4) is 0 Å². The maximum absolute atomic E-state index is 13.3. The van der Waals surface area contributed by atoms with E-state index in [4.69, 9.17) is 0 Å². The summed E-state index contributed by atoms with van der Waals surface area (Å²) in [6.45, 7) is 0. The standard InChI is InChI=1S/C21H12F4N2O2/c22-14-7-9-15(10-8-14)27-20(28)18-4-2-1-3-17(18)19(26-27)13-5-11-16(12-6-13)29-21(23,24)25/h1-12H. The SMILES string of the molecule is O=c1c2ccccc2c(-c2ccc(OC(F)(F)F)cc2)nn1-c1ccc(F)cc1. The molecular weight excluding hydrogens is 388 g/mol. The largest absolute Gasteiger partial charge is 0.573 e. The number of fused-ring (bicyclic) bond motifs is 1. The van der Waals surface area contributed by atoms with Crippen LogP contribution in [0.5, 0.6) is 5.75 Å². The molecule has 0 saturated heterocycles. The molecule has 1 heterocycles. The van der Waals surface area contributed by atoms with E-state index in [0.717, 1.165) is 4.68 Å². The Balaban J connectivity index is 1.89. The van der Waals surface area contributed by atoms with Gasteiger partial charge in [-0.1, -0.05) is 18.2 Å². The van der Waals surface area contributed by atoms with Crippen molar-refractivity contribution in [3.05, 3.63) is 89.0 Å². The molecule has 1 aromatic heterocycles. The summed E-state index contributed by atoms with van der Waals surface area (Å²) in [7, 11) is 0. The van der Waals surface area contributed by atoms with Gasteiger partial charge in [-0.3, -0.25) is 4.79 Å². The lowest BCUT2D eigenvalue weighted by atomic mass is 10.0. The molecular formula is C21H12F4N2O2. The first-order valence-electron chi connectivity index (χ1n) is 8.46. The van der Waals surface area contributed by atoms with E-state index in [9.17, 15) is 22.4 Å². The Morgan fingerprint density at radius 3 is 2.07 bits per heavy atom. The van der Waals surface area contributed by atoms with Crippen LogP contribution in [0, 0.1) is 5.82 Å². The fraction of sp³-hybridized carbons (Fsp3) is 0.0476. The second-order valence-corrected chi connectivity index (χ2v) is 6.16. The molecule has 0 spiro atoms. The van der Waals surface area contributed by atoms with Crippen LogP contribution in [-0.4, -0.2) is 16.1 Å². The fourth-order valence-corrected chi connectivity index (χ4v) is 2.97. The molecule has 146 valence electrons. The molecule has 0 aliphatic heterocycles. The van der Waals surface area contributed by atoms with Gasteiger partial charge in [-0.05, 0) is 54.6 Å². The Morgan fingerprint density at radius 2 is 1.45 bits per heavy atom. The zero-order valence-electron chi connectivity index (χ0n) is 14.7. The van der Waals surface area contributed by atoms with Gasteiger partial charge in [0.15, 0.2) is 0 Å². The molecule has 0 aliphatic rings. The van der Waals surface area contributed by atoms with Crippen LogP contribution in [0.15, 0.2) is 77.6 Å². The molecule has 0 bridgehead atoms. The summed E-state index contributed by atoms with van der Waals surface area (Å²) in [6, 6.07) is 17.2. The summed E-state index contributed by atoms with van der Waals surface area (Å²) in [6.07, 6.45) is -4.79. The highest BCUT2D eigenvalue weighted by atomic mass is 19.4. The van der Waals surface area contributed by atoms with Crippen LogP contribution >= 0.6 is 0 Å². The van der Waals surface area contributed by atoms with E-state index >= 15 is 0 Å². The number of nitrogens with zero attached hydrogens (tertiary/aromatic N) is 2. The predicted molar refractivity (Wildman–Crippen MR) is 99.4 cm³/mol. The van der Waals surface area contributed by atoms with Crippen LogP contribution in [0.1, 0.15) is 0 Å². The molecule has 8 heteroatoms. The van der Waals surface area contributed by atoms with E-state index in [1.54, 1.807) is 24.3 Å². The first kappa shape index (κ1) is 18.7. The van der Waals surface area contributed by atoms with Crippen molar-refractivity contribution < 1.29 is 22.3 Å². The maximum atomic E-state index is 13.3. The first-order chi connectivity index (χ1) is 13.8. The van der Waals surface area contributed by atoms with Crippen molar-refractivity contribution in [2.24, 2.45) is 0 Å². The van der Waals surface area contributed by atoms with E-state index in [1.807, 2.05) is 0 Å². The Hall–Kier alpha value is -3.68. The normalized spacial score (nSPS) is 11.6. The highest BCUT2D eigenvalue weighted by Crippen LogP contribution is 2.29. The Kier molecular flexibility index (Phi) is 4.54. The van der Waals surface area contributed by atoms with Crippen molar-refractivity contribution in [3.63, 3.8) is 0 Å². The van der Waals surface area contributed by atoms with Crippen LogP contribution in [0.2, 0.25) is 0 Å². The Morgan fingerprint density at radius 1 is 0.828 bits per heavy atom. The lowest BCUT2D eigenvalue weighted by Crippen LogP contribution is -2.22. The molecule has 0 atom stereocenters. The molecule has 0 unspecified atom stereocenters. The molecule has 29 heavy (non-hydrogen) atoms. The first-order valence-corrected chi connectivity index (χ1v) is 8.46. The van der Waals surface area contributed by atoms with Crippen LogP contribution in [0.4, 0.5) is 17.6 Å². The molecule has 0 saturated carbocycles. The topological polar surface area (TPSA) is 44.1 Å². The van der Waals surface area contributed by atoms with Crippen molar-refractivity contribution in [1.82, 2.24) is 9.78 Å². The number of rotatable bonds is 3. The van der Waals surface area contributed by atoms with Crippen LogP contribution in [0.25, 0.3) is 27.7 Å². The third-order valence-corrected chi connectivity index (χ3v) is 4.24. The lowest BCUT2D eigenvalue weighted by molar-refractivity contribution is -0.274. The van der Waals surface area contributed by atoms with Gasteiger partial charge in [0.2, 0.25) is 0 Å². The van der Waals surface area contributed by atoms with Gasteiger partial charge in [-0.15, -0.1) is 13.2 Å². The zero-order valence-corrected chi connectivity index (χ0v) is 14.7. The third-order valence-electron chi connectivity index (χ3n) is 4.24. The average molecular weight is 400 g/mol. The molecule has 0 aliphatic carbocycles. The number of benzene rings is 3. The summed E-state index contributed by atoms with van der Waals surface area (Å²) in [5, 5.41) is 5.31. The van der Waals surface area contributed by atoms with Gasteiger partial charge in [-0.25, -0.2) is 4.39 Å². The number of aromatic nitrogens is 2. The summed E-state index contributed by atoms with van der Waals surface area (Å²) in [5.74, 6) is -0.819. The van der Waals surface area contributed by atoms with E-state index in [2.05, 4.69) is 9.84 Å². The smallest absolute Gasteiger partial charge is 0.406 e. The maximum Gasteiger partial charge on any atom is 0.573 e. The second kappa shape index (κ2) is 7.05. The van der Waals surface area contributed by atoms with E-state index < -0.39 is 17.7 Å². The van der Waals surface area contributed by atoms with E-state index in [0.29, 0.717) is 27.7 Å². The zero-order chi connectivity index (χ0) is 20.6. The molecule has 0 N–H and O–H groups in total. The lowest BCUT2D eigenvalue weighted by Gasteiger charge is -2.12. The second-order valence-electron chi connectivity index (χ2n) is 6.16. The summed E-state index contributed by atoms with van der Waals surface area (Å²) >= 11 is 0. The molecule has 4 nitrogen and oxygen atoms in total. The number of hydrogen-bond donors (Lipinski definition) is 0. The Labute approximate surface area is 161 Å². The minimum absolute atomic E-state index is 0.362. The summed E-state index contributed by atoms with van der Waals surface area (Å²) in [5.41, 5.74) is 0.850. The van der Waals surface area contributed by atoms with Gasteiger partial charge in [-0.2, -0.15) is 9.78 Å². The number of hydrogen-bond acceptors (Lipinski definition) is 3. The predicted octanol–water partition coefficient (Wildman–Crippen LogP) is 5.09. The molecule has 3 aromatic carbocycles. The quantitative estimate of drug-likeness (QED) is 0.450. The highest BCUT2D eigenvalue weighted by Gasteiger charge is 2.31. The van der Waals surface area contributed by atoms with Crippen molar-refractivity contribution in [3.8, 4) is 22.7 Å². The van der Waals surface area contributed by atoms with Gasteiger partial charge in [0.25, 0.3) is 5.56 Å². The Bertz CT molecular complexity index is 1230. The van der Waals surface area contributed by atoms with Crippen molar-refractivity contribution in [2.45, 2.75) is 6.36 Å². The van der Waals surface area contributed by atoms with Gasteiger partial charge in [0.1, 0.15) is 11.6 Å². The third kappa shape index (κ3) is 3.82. The van der Waals surface area contributed by atoms with E-state index in [-0.39, 0.29) is 5.75 Å². The van der Waals surface area contributed by atoms with Gasteiger partial charge in [0, 0.05) is 10.9 Å². The number of ether oxygens (including phenoxy) is 1. The minimum atomic E-state index is -4.79. The monoisotopic (exact) mass is 400 g/mol. The van der Waals surface area contributed by atoms with Gasteiger partial charge < -0.3 is 4.74 Å². The fourth-order valence-electron chi connectivity index (χ4n) is 2.97. The summed E-state index contributed by atoms with van der Waals surface area (Å²) in [4.78, 5) is 12.9. The van der Waals surface area contributed by atoms with Crippen molar-refractivity contribution in [2.75, 3.05) is 0 Å². The number of halogens is 4. The van der Waals surface area contributed by atoms with Crippen LogP contribution in [-0.2, 0) is 0 Å². The minimum Gasteiger partial charge on any atom is -0.406 e.